The number of hydrogen-bond acceptors (Lipinski definition) is 3. The van der Waals surface area contributed by atoms with Crippen LogP contribution < -0.4 is 0 Å². The molecular weight excluding hydrogens is 342 g/mol. The van der Waals surface area contributed by atoms with Crippen molar-refractivity contribution in [3.63, 3.8) is 0 Å². The van der Waals surface area contributed by atoms with E-state index in [1.54, 1.807) is 0 Å². The fourth-order valence-corrected chi connectivity index (χ4v) is 4.24. The van der Waals surface area contributed by atoms with Gasteiger partial charge in [-0.25, -0.2) is 0 Å². The number of phenols is 2. The number of benzene rings is 1. The summed E-state index contributed by atoms with van der Waals surface area (Å²) < 4.78 is 0. The number of halogens is 1. The highest BCUT2D eigenvalue weighted by atomic mass is 79.9. The van der Waals surface area contributed by atoms with Gasteiger partial charge in [0.15, 0.2) is 11.5 Å². The van der Waals surface area contributed by atoms with E-state index in [9.17, 15) is 10.2 Å². The van der Waals surface area contributed by atoms with Crippen molar-refractivity contribution >= 4 is 17.0 Å². The lowest BCUT2D eigenvalue weighted by Gasteiger charge is -2.30. The predicted molar refractivity (Wildman–Crippen MR) is 95.4 cm³/mol. The van der Waals surface area contributed by atoms with E-state index in [4.69, 9.17) is 0 Å². The Hall–Kier alpha value is -0.740. The van der Waals surface area contributed by atoms with Crippen LogP contribution in [0, 0.1) is 5.92 Å². The fourth-order valence-electron chi connectivity index (χ4n) is 4.24. The van der Waals surface area contributed by atoms with Crippen molar-refractivity contribution in [2.24, 2.45) is 5.92 Å². The van der Waals surface area contributed by atoms with Gasteiger partial charge < -0.3 is 15.1 Å². The largest absolute Gasteiger partial charge is 0.504 e. The first-order valence-corrected chi connectivity index (χ1v) is 8.44. The number of hydrogen-bond donors (Lipinski definition) is 2. The minimum atomic E-state index is 0. The lowest BCUT2D eigenvalue weighted by molar-refractivity contribution is 0.337. The van der Waals surface area contributed by atoms with E-state index in [1.807, 2.05) is 6.07 Å². The van der Waals surface area contributed by atoms with Gasteiger partial charge >= 0.3 is 0 Å². The molecule has 1 heterocycles. The van der Waals surface area contributed by atoms with Crippen molar-refractivity contribution in [2.45, 2.75) is 51.9 Å². The monoisotopic (exact) mass is 369 g/mol. The first kappa shape index (κ1) is 17.6. The summed E-state index contributed by atoms with van der Waals surface area (Å²) in [5.41, 5.74) is 3.67. The van der Waals surface area contributed by atoms with Crippen LogP contribution in [-0.2, 0) is 12.8 Å². The van der Waals surface area contributed by atoms with Crippen LogP contribution in [0.1, 0.15) is 55.7 Å². The lowest BCUT2D eigenvalue weighted by Crippen LogP contribution is -2.21. The zero-order valence-corrected chi connectivity index (χ0v) is 15.4. The van der Waals surface area contributed by atoms with Crippen molar-refractivity contribution in [1.29, 1.82) is 0 Å². The highest BCUT2D eigenvalue weighted by molar-refractivity contribution is 8.93. The third-order valence-corrected chi connectivity index (χ3v) is 5.41. The van der Waals surface area contributed by atoms with Gasteiger partial charge in [-0.15, -0.1) is 17.0 Å². The third-order valence-electron chi connectivity index (χ3n) is 5.41. The van der Waals surface area contributed by atoms with Crippen LogP contribution in [0.15, 0.2) is 6.07 Å². The number of rotatable bonds is 4. The van der Waals surface area contributed by atoms with E-state index in [0.717, 1.165) is 56.7 Å². The molecule has 2 unspecified atom stereocenters. The van der Waals surface area contributed by atoms with Gasteiger partial charge in [0.1, 0.15) is 0 Å². The number of likely N-dealkylation sites (N-methyl/N-ethyl adjacent to an activating group) is 1. The van der Waals surface area contributed by atoms with Crippen molar-refractivity contribution in [1.82, 2.24) is 4.90 Å². The maximum atomic E-state index is 10.3. The summed E-state index contributed by atoms with van der Waals surface area (Å²) in [4.78, 5) is 2.53. The molecular formula is C18H28BrNO2. The van der Waals surface area contributed by atoms with Crippen molar-refractivity contribution in [3.05, 3.63) is 22.8 Å². The van der Waals surface area contributed by atoms with Crippen molar-refractivity contribution < 1.29 is 10.2 Å². The molecule has 124 valence electrons. The second-order valence-corrected chi connectivity index (χ2v) is 6.66. The number of aromatic hydroxyl groups is 2. The van der Waals surface area contributed by atoms with E-state index < -0.39 is 0 Å². The summed E-state index contributed by atoms with van der Waals surface area (Å²) >= 11 is 0. The average Bonchev–Trinajstić information content (AvgIpc) is 2.92. The molecule has 1 aromatic rings. The first-order valence-electron chi connectivity index (χ1n) is 8.44. The minimum absolute atomic E-state index is 0. The maximum Gasteiger partial charge on any atom is 0.160 e. The lowest BCUT2D eigenvalue weighted by atomic mass is 9.74. The Morgan fingerprint density at radius 2 is 2.00 bits per heavy atom. The molecule has 1 saturated heterocycles. The van der Waals surface area contributed by atoms with Crippen LogP contribution in [0.2, 0.25) is 0 Å². The number of unbranched alkanes of at least 4 members (excludes halogenated alkanes) is 1. The van der Waals surface area contributed by atoms with Gasteiger partial charge in [0.05, 0.1) is 0 Å². The molecule has 1 aromatic carbocycles. The summed E-state index contributed by atoms with van der Waals surface area (Å²) in [7, 11) is 0. The third kappa shape index (κ3) is 3.00. The van der Waals surface area contributed by atoms with Crippen LogP contribution in [0.25, 0.3) is 0 Å². The van der Waals surface area contributed by atoms with Crippen LogP contribution in [-0.4, -0.2) is 34.7 Å². The summed E-state index contributed by atoms with van der Waals surface area (Å²) in [6.45, 7) is 7.83. The van der Waals surface area contributed by atoms with Gasteiger partial charge in [0.25, 0.3) is 0 Å². The zero-order valence-electron chi connectivity index (χ0n) is 13.6. The Morgan fingerprint density at radius 3 is 2.68 bits per heavy atom. The number of likely N-dealkylation sites (tertiary alicyclic amines) is 1. The van der Waals surface area contributed by atoms with Crippen LogP contribution in [0.3, 0.4) is 0 Å². The van der Waals surface area contributed by atoms with E-state index in [1.165, 1.54) is 17.7 Å². The summed E-state index contributed by atoms with van der Waals surface area (Å²) in [6.07, 6.45) is 5.37. The standard InChI is InChI=1S/C18H27NO2.BrH/c1-3-5-6-12-9-16(20)18(21)14-8-7-13-10-19(4-2)11-15(13)17(12)14;/h9,13,15,20-21H,3-8,10-11H2,1-2H3;1H. The molecule has 3 nitrogen and oxygen atoms in total. The Kier molecular flexibility index (Phi) is 5.78. The molecule has 22 heavy (non-hydrogen) atoms. The van der Waals surface area contributed by atoms with Crippen LogP contribution in [0.5, 0.6) is 11.5 Å². The Bertz CT molecular complexity index is 532. The van der Waals surface area contributed by atoms with E-state index in [-0.39, 0.29) is 28.5 Å². The molecule has 1 aliphatic heterocycles. The first-order chi connectivity index (χ1) is 10.2. The highest BCUT2D eigenvalue weighted by Crippen LogP contribution is 2.48. The Balaban J connectivity index is 0.00000176. The van der Waals surface area contributed by atoms with Crippen molar-refractivity contribution in [2.75, 3.05) is 19.6 Å². The SMILES string of the molecule is Br.CCCCc1cc(O)c(O)c2c1C1CN(CC)CC1CC2. The molecule has 2 atom stereocenters. The van der Waals surface area contributed by atoms with E-state index in [0.29, 0.717) is 5.92 Å². The molecule has 3 rings (SSSR count). The van der Waals surface area contributed by atoms with Gasteiger partial charge in [-0.2, -0.15) is 0 Å². The quantitative estimate of drug-likeness (QED) is 0.788. The van der Waals surface area contributed by atoms with Crippen molar-refractivity contribution in [3.8, 4) is 11.5 Å². The molecule has 2 N–H and O–H groups in total. The van der Waals surface area contributed by atoms with Gasteiger partial charge in [0, 0.05) is 24.6 Å². The summed E-state index contributed by atoms with van der Waals surface area (Å²) in [6, 6.07) is 1.82. The van der Waals surface area contributed by atoms with Crippen LogP contribution in [0.4, 0.5) is 0 Å². The molecule has 1 fully saturated rings. The second kappa shape index (κ2) is 7.22. The Labute approximate surface area is 144 Å². The molecule has 0 bridgehead atoms. The Morgan fingerprint density at radius 1 is 1.23 bits per heavy atom. The summed E-state index contributed by atoms with van der Waals surface area (Å²) in [5.74, 6) is 1.48. The zero-order chi connectivity index (χ0) is 15.0. The molecule has 2 aliphatic rings. The summed E-state index contributed by atoms with van der Waals surface area (Å²) in [5, 5.41) is 20.3. The predicted octanol–water partition coefficient (Wildman–Crippen LogP) is 4.00. The van der Waals surface area contributed by atoms with E-state index in [2.05, 4.69) is 18.7 Å². The van der Waals surface area contributed by atoms with Gasteiger partial charge in [-0.3, -0.25) is 0 Å². The molecule has 0 spiro atoms. The molecule has 0 saturated carbocycles. The number of aryl methyl sites for hydroxylation is 1. The molecule has 0 aromatic heterocycles. The van der Waals surface area contributed by atoms with E-state index >= 15 is 0 Å². The van der Waals surface area contributed by atoms with Gasteiger partial charge in [-0.05, 0) is 55.3 Å². The number of fused-ring (bicyclic) bond motifs is 3. The maximum absolute atomic E-state index is 10.3. The molecule has 4 heteroatoms. The number of phenolic OH excluding ortho intramolecular Hbond substituents is 2. The van der Waals surface area contributed by atoms with Gasteiger partial charge in [0.2, 0.25) is 0 Å². The minimum Gasteiger partial charge on any atom is -0.504 e. The highest BCUT2D eigenvalue weighted by Gasteiger charge is 2.39. The topological polar surface area (TPSA) is 43.7 Å². The average molecular weight is 370 g/mol. The van der Waals surface area contributed by atoms with Crippen LogP contribution >= 0.6 is 17.0 Å². The normalized spacial score (nSPS) is 23.7. The fraction of sp³-hybridized carbons (Fsp3) is 0.667. The second-order valence-electron chi connectivity index (χ2n) is 6.66. The smallest absolute Gasteiger partial charge is 0.160 e. The molecule has 0 amide bonds. The van der Waals surface area contributed by atoms with Gasteiger partial charge in [-0.1, -0.05) is 20.3 Å². The number of nitrogens with zero attached hydrogens (tertiary/aromatic N) is 1. The molecule has 1 aliphatic carbocycles. The molecule has 0 radical (unpaired) electrons.